The molecule has 14 heteroatoms. The number of ether oxygens (including phenoxy) is 4. The Bertz CT molecular complexity index is 1700. The second kappa shape index (κ2) is 52.5. The van der Waals surface area contributed by atoms with Crippen molar-refractivity contribution in [1.29, 1.82) is 0 Å². The molecule has 9 N–H and O–H groups in total. The van der Waals surface area contributed by atoms with Gasteiger partial charge in [0, 0.05) is 6.42 Å². The van der Waals surface area contributed by atoms with Crippen LogP contribution in [0.5, 0.6) is 0 Å². The molecule has 12 atom stereocenters. The van der Waals surface area contributed by atoms with Gasteiger partial charge in [-0.3, -0.25) is 4.79 Å². The van der Waals surface area contributed by atoms with Gasteiger partial charge in [-0.15, -0.1) is 0 Å². The van der Waals surface area contributed by atoms with Gasteiger partial charge in [-0.1, -0.05) is 253 Å². The van der Waals surface area contributed by atoms with Crippen molar-refractivity contribution < 1.29 is 64.6 Å². The average molecular weight is 1160 g/mol. The predicted octanol–water partition coefficient (Wildman–Crippen LogP) is 12.4. The highest BCUT2D eigenvalue weighted by Gasteiger charge is 2.51. The summed E-state index contributed by atoms with van der Waals surface area (Å²) >= 11 is 0. The van der Waals surface area contributed by atoms with Crippen LogP contribution in [0.1, 0.15) is 245 Å². The number of amides is 1. The molecular formula is C68H119NO13. The van der Waals surface area contributed by atoms with Crippen LogP contribution in [-0.2, 0) is 23.7 Å². The van der Waals surface area contributed by atoms with E-state index in [2.05, 4.69) is 92.1 Å². The summed E-state index contributed by atoms with van der Waals surface area (Å²) in [4.78, 5) is 13.3. The normalized spacial score (nSPS) is 24.5. The second-order valence-electron chi connectivity index (χ2n) is 22.9. The van der Waals surface area contributed by atoms with Crippen molar-refractivity contribution in [2.45, 2.75) is 319 Å². The van der Waals surface area contributed by atoms with Crippen LogP contribution in [0.2, 0.25) is 0 Å². The molecule has 12 unspecified atom stereocenters. The molecule has 2 rings (SSSR count). The lowest BCUT2D eigenvalue weighted by Crippen LogP contribution is -2.65. The van der Waals surface area contributed by atoms with E-state index in [0.717, 1.165) is 83.5 Å². The minimum absolute atomic E-state index is 0.243. The maximum Gasteiger partial charge on any atom is 0.220 e. The first kappa shape index (κ1) is 75.3. The van der Waals surface area contributed by atoms with E-state index < -0.39 is 86.8 Å². The third-order valence-electron chi connectivity index (χ3n) is 15.6. The Hall–Kier alpha value is -2.83. The van der Waals surface area contributed by atoms with E-state index in [4.69, 9.17) is 18.9 Å². The number of nitrogens with one attached hydrogen (secondary N) is 1. The zero-order valence-corrected chi connectivity index (χ0v) is 51.2. The van der Waals surface area contributed by atoms with E-state index in [9.17, 15) is 45.6 Å². The van der Waals surface area contributed by atoms with Crippen LogP contribution in [0, 0.1) is 0 Å². The summed E-state index contributed by atoms with van der Waals surface area (Å²) in [5, 5.41) is 87.3. The SMILES string of the molecule is CC/C=C\C/C=C\C/C=C\C/C=C\C/C=C\C/C=C\CCCCCCCCCCCCCCC(=O)NC(COC1OC(CO)C(OC2OC(CO)C(O)C(O)C2O)C(O)C1O)C(O)/C=C/CCCCCCCCCCCCCCCCC. The number of allylic oxidation sites excluding steroid dienone is 13. The van der Waals surface area contributed by atoms with Crippen LogP contribution in [0.4, 0.5) is 0 Å². The van der Waals surface area contributed by atoms with Crippen LogP contribution >= 0.6 is 0 Å². The van der Waals surface area contributed by atoms with Gasteiger partial charge in [-0.25, -0.2) is 0 Å². The van der Waals surface area contributed by atoms with Crippen LogP contribution in [0.3, 0.4) is 0 Å². The molecule has 0 aromatic carbocycles. The number of aliphatic hydroxyl groups is 8. The number of aliphatic hydroxyl groups excluding tert-OH is 8. The van der Waals surface area contributed by atoms with E-state index in [1.807, 2.05) is 6.08 Å². The molecule has 0 aromatic rings. The van der Waals surface area contributed by atoms with Gasteiger partial charge >= 0.3 is 0 Å². The van der Waals surface area contributed by atoms with Gasteiger partial charge < -0.3 is 65.1 Å². The standard InChI is InChI=1S/C68H119NO13/c1-3-5-7-9-11-13-15-17-19-21-22-23-24-25-26-27-28-29-30-31-32-33-34-36-38-40-42-44-46-48-50-52-60(73)69-56(57(72)51-49-47-45-43-41-39-37-35-20-18-16-14-12-10-8-6-4-2)55-79-67-65(78)63(76)66(59(54-71)81-67)82-68-64(77)62(75)61(74)58(53-70)80-68/h5,7,11,13,17,19,22-23,25-26,28-29,49,51,56-59,61-68,70-72,74-78H,3-4,6,8-10,12,14-16,18,20-21,24,27,30-48,50,52-55H2,1-2H3,(H,69,73)/b7-5-,13-11-,19-17-,23-22-,26-25-,29-28-,51-49+. The number of hydrogen-bond acceptors (Lipinski definition) is 13. The minimum atomic E-state index is -1.79. The first-order valence-electron chi connectivity index (χ1n) is 32.8. The lowest BCUT2D eigenvalue weighted by Gasteiger charge is -2.46. The maximum atomic E-state index is 13.3. The molecule has 14 nitrogen and oxygen atoms in total. The molecule has 2 aliphatic rings. The van der Waals surface area contributed by atoms with Crippen LogP contribution in [0.15, 0.2) is 85.1 Å². The minimum Gasteiger partial charge on any atom is -0.394 e. The van der Waals surface area contributed by atoms with Crippen LogP contribution < -0.4 is 5.32 Å². The lowest BCUT2D eigenvalue weighted by atomic mass is 9.97. The molecule has 0 aliphatic carbocycles. The molecule has 0 spiro atoms. The number of carbonyl (C=O) groups is 1. The Morgan fingerprint density at radius 2 is 0.841 bits per heavy atom. The van der Waals surface area contributed by atoms with E-state index in [-0.39, 0.29) is 18.9 Å². The largest absolute Gasteiger partial charge is 0.394 e. The Balaban J connectivity index is 1.69. The molecular weight excluding hydrogens is 1040 g/mol. The van der Waals surface area contributed by atoms with Gasteiger partial charge in [0.25, 0.3) is 0 Å². The lowest BCUT2D eigenvalue weighted by molar-refractivity contribution is -0.359. The monoisotopic (exact) mass is 1160 g/mol. The summed E-state index contributed by atoms with van der Waals surface area (Å²) in [6.07, 6.45) is 54.8. The van der Waals surface area contributed by atoms with Gasteiger partial charge in [0.15, 0.2) is 12.6 Å². The molecule has 0 aromatic heterocycles. The smallest absolute Gasteiger partial charge is 0.220 e. The van der Waals surface area contributed by atoms with Gasteiger partial charge in [0.2, 0.25) is 5.91 Å². The highest BCUT2D eigenvalue weighted by Crippen LogP contribution is 2.30. The number of unbranched alkanes of at least 4 members (excludes halogenated alkanes) is 27. The average Bonchev–Trinajstić information content (AvgIpc) is 3.52. The topological polar surface area (TPSA) is 228 Å². The maximum absolute atomic E-state index is 13.3. The molecule has 1 amide bonds. The molecule has 2 saturated heterocycles. The summed E-state index contributed by atoms with van der Waals surface area (Å²) < 4.78 is 22.8. The number of carbonyl (C=O) groups excluding carboxylic acids is 1. The highest BCUT2D eigenvalue weighted by atomic mass is 16.7. The zero-order valence-electron chi connectivity index (χ0n) is 51.2. The summed E-state index contributed by atoms with van der Waals surface area (Å²) in [7, 11) is 0. The fourth-order valence-corrected chi connectivity index (χ4v) is 10.4. The third-order valence-corrected chi connectivity index (χ3v) is 15.6. The summed E-state index contributed by atoms with van der Waals surface area (Å²) in [6.45, 7) is 2.69. The molecule has 474 valence electrons. The van der Waals surface area contributed by atoms with Crippen molar-refractivity contribution in [3.8, 4) is 0 Å². The van der Waals surface area contributed by atoms with Crippen molar-refractivity contribution in [3.05, 3.63) is 85.1 Å². The first-order valence-corrected chi connectivity index (χ1v) is 32.8. The predicted molar refractivity (Wildman–Crippen MR) is 332 cm³/mol. The fraction of sp³-hybridized carbons (Fsp3) is 0.779. The van der Waals surface area contributed by atoms with Crippen LogP contribution in [0.25, 0.3) is 0 Å². The van der Waals surface area contributed by atoms with E-state index >= 15 is 0 Å². The van der Waals surface area contributed by atoms with Gasteiger partial charge in [-0.2, -0.15) is 0 Å². The van der Waals surface area contributed by atoms with Crippen molar-refractivity contribution in [3.63, 3.8) is 0 Å². The Kier molecular flexibility index (Phi) is 48.2. The van der Waals surface area contributed by atoms with Crippen molar-refractivity contribution in [2.75, 3.05) is 19.8 Å². The van der Waals surface area contributed by atoms with Gasteiger partial charge in [0.05, 0.1) is 32.0 Å². The summed E-state index contributed by atoms with van der Waals surface area (Å²) in [6, 6.07) is -0.920. The third kappa shape index (κ3) is 36.9. The Morgan fingerprint density at radius 1 is 0.451 bits per heavy atom. The molecule has 0 bridgehead atoms. The summed E-state index contributed by atoms with van der Waals surface area (Å²) in [5.74, 6) is -0.243. The first-order chi connectivity index (χ1) is 40.1. The van der Waals surface area contributed by atoms with E-state index in [0.29, 0.717) is 6.42 Å². The number of rotatable bonds is 52. The van der Waals surface area contributed by atoms with Crippen molar-refractivity contribution in [2.24, 2.45) is 0 Å². The zero-order chi connectivity index (χ0) is 59.5. The summed E-state index contributed by atoms with van der Waals surface area (Å²) in [5.41, 5.74) is 0. The van der Waals surface area contributed by atoms with E-state index in [1.165, 1.54) is 135 Å². The molecule has 2 aliphatic heterocycles. The Labute approximate surface area is 497 Å². The number of hydrogen-bond donors (Lipinski definition) is 9. The van der Waals surface area contributed by atoms with Crippen LogP contribution in [-0.4, -0.2) is 140 Å². The molecule has 2 heterocycles. The fourth-order valence-electron chi connectivity index (χ4n) is 10.4. The molecule has 82 heavy (non-hydrogen) atoms. The van der Waals surface area contributed by atoms with Crippen molar-refractivity contribution in [1.82, 2.24) is 5.32 Å². The van der Waals surface area contributed by atoms with E-state index in [1.54, 1.807) is 6.08 Å². The molecule has 0 radical (unpaired) electrons. The van der Waals surface area contributed by atoms with Gasteiger partial charge in [0.1, 0.15) is 48.8 Å². The second-order valence-corrected chi connectivity index (χ2v) is 22.9. The molecule has 0 saturated carbocycles. The Morgan fingerprint density at radius 3 is 1.29 bits per heavy atom. The molecule has 2 fully saturated rings. The van der Waals surface area contributed by atoms with Crippen molar-refractivity contribution >= 4 is 5.91 Å². The quantitative estimate of drug-likeness (QED) is 0.0204. The van der Waals surface area contributed by atoms with Gasteiger partial charge in [-0.05, 0) is 70.6 Å². The highest BCUT2D eigenvalue weighted by molar-refractivity contribution is 5.76.